The summed E-state index contributed by atoms with van der Waals surface area (Å²) < 4.78 is 66.4. The normalized spacial score (nSPS) is 18.2. The predicted octanol–water partition coefficient (Wildman–Crippen LogP) is 10.5. The number of nitrogens with zero attached hydrogens (tertiary/aromatic N) is 9. The fraction of sp³-hybridized carbons (Fsp3) is 0.240. The van der Waals surface area contributed by atoms with Crippen LogP contribution >= 0.6 is 0 Å². The zero-order valence-corrected chi connectivity index (χ0v) is 36.8. The molecule has 14 nitrogen and oxygen atoms in total. The lowest BCUT2D eigenvalue weighted by Crippen LogP contribution is -2.56. The van der Waals surface area contributed by atoms with Crippen molar-refractivity contribution in [3.63, 3.8) is 0 Å². The van der Waals surface area contributed by atoms with Crippen molar-refractivity contribution in [2.75, 3.05) is 68.9 Å². The van der Waals surface area contributed by atoms with Gasteiger partial charge >= 0.3 is 18.2 Å². The van der Waals surface area contributed by atoms with Gasteiger partial charge in [0.05, 0.1) is 58.6 Å². The molecular weight excluding hydrogens is 879 g/mol. The van der Waals surface area contributed by atoms with Crippen LogP contribution in [0.15, 0.2) is 126 Å². The maximum absolute atomic E-state index is 15.6. The van der Waals surface area contributed by atoms with E-state index in [4.69, 9.17) is 14.4 Å². The number of amides is 4. The summed E-state index contributed by atoms with van der Waals surface area (Å²) in [6.45, 7) is 1.63. The molecule has 0 spiro atoms. The molecule has 18 heteroatoms. The first-order valence-electron chi connectivity index (χ1n) is 22.2. The van der Waals surface area contributed by atoms with E-state index in [0.29, 0.717) is 71.6 Å². The fourth-order valence-electron chi connectivity index (χ4n) is 10.0. The van der Waals surface area contributed by atoms with Gasteiger partial charge in [-0.3, -0.25) is 14.8 Å². The zero-order chi connectivity index (χ0) is 46.8. The Hall–Kier alpha value is -8.02. The minimum absolute atomic E-state index is 0.0221. The number of anilines is 7. The first kappa shape index (κ1) is 42.6. The molecule has 3 atom stereocenters. The Morgan fingerprint density at radius 1 is 0.735 bits per heavy atom. The number of hydrogen-bond donors (Lipinski definition) is 2. The van der Waals surface area contributed by atoms with Gasteiger partial charge in [-0.1, -0.05) is 36.4 Å². The van der Waals surface area contributed by atoms with E-state index >= 15 is 13.2 Å². The lowest BCUT2D eigenvalue weighted by Gasteiger charge is -2.45. The Bertz CT molecular complexity index is 3090. The SMILES string of the molecule is CN(C)c1cccc(-c2ccc3c(n2)N(C(=O)Nc2cccc(-c4cnco4)c2)[C@@H]2C(c4ccc(-c5ccc6c(n5)N(C(=O)Nc5cncc(F)c5)[C@@H]5CCCN6C5)cc4C(F)(F)F)CCN32)c1. The summed E-state index contributed by atoms with van der Waals surface area (Å²) in [7, 11) is 3.87. The molecule has 7 aromatic rings. The third-order valence-corrected chi connectivity index (χ3v) is 13.1. The highest BCUT2D eigenvalue weighted by Gasteiger charge is 2.51. The summed E-state index contributed by atoms with van der Waals surface area (Å²) in [5.74, 6) is -0.311. The molecule has 0 radical (unpaired) electrons. The lowest BCUT2D eigenvalue weighted by atomic mass is 9.89. The van der Waals surface area contributed by atoms with E-state index in [1.165, 1.54) is 28.5 Å². The van der Waals surface area contributed by atoms with Crippen LogP contribution in [0.5, 0.6) is 0 Å². The highest BCUT2D eigenvalue weighted by Crippen LogP contribution is 2.52. The Morgan fingerprint density at radius 2 is 1.47 bits per heavy atom. The number of piperidine rings is 1. The second-order valence-corrected chi connectivity index (χ2v) is 17.5. The number of fused-ring (bicyclic) bond motifs is 7. The number of urea groups is 2. The summed E-state index contributed by atoms with van der Waals surface area (Å²) in [6, 6.07) is 26.0. The number of oxazole rings is 1. The summed E-state index contributed by atoms with van der Waals surface area (Å²) in [6.07, 6.45) is 1.37. The number of carbonyl (C=O) groups is 2. The molecule has 2 N–H and O–H groups in total. The number of pyridine rings is 3. The van der Waals surface area contributed by atoms with Crippen LogP contribution in [0.2, 0.25) is 0 Å². The summed E-state index contributed by atoms with van der Waals surface area (Å²) >= 11 is 0. The maximum atomic E-state index is 15.6. The first-order valence-corrected chi connectivity index (χ1v) is 22.2. The van der Waals surface area contributed by atoms with Gasteiger partial charge in [-0.15, -0.1) is 0 Å². The Kier molecular flexibility index (Phi) is 10.5. The van der Waals surface area contributed by atoms with Crippen molar-refractivity contribution >= 4 is 52.1 Å². The molecule has 2 fully saturated rings. The smallest absolute Gasteiger partial charge is 0.416 e. The molecule has 1 unspecified atom stereocenters. The topological polar surface area (TPSA) is 139 Å². The number of carbonyl (C=O) groups excluding carboxylic acids is 2. The minimum atomic E-state index is -4.80. The highest BCUT2D eigenvalue weighted by atomic mass is 19.4. The highest BCUT2D eigenvalue weighted by molar-refractivity contribution is 6.07. The quantitative estimate of drug-likeness (QED) is 0.149. The van der Waals surface area contributed by atoms with Crippen LogP contribution in [0.1, 0.15) is 36.3 Å². The molecule has 2 bridgehead atoms. The molecule has 8 heterocycles. The number of alkyl halides is 3. The third-order valence-electron chi connectivity index (χ3n) is 13.1. The van der Waals surface area contributed by atoms with Gasteiger partial charge in [-0.2, -0.15) is 13.2 Å². The standard InChI is InChI=1S/C50H43F4N11O3/c1-61(2)35-9-4-6-29(21-35)40-14-16-43-46(60-40)65(49(67)57-33-8-3-7-31(20-33)44-26-56-28-68-44)47-38(17-19-63(43)47)37-12-11-30(22-39(37)50(52,53)54)41-13-15-42-45(59-41)64(36-10-5-18-62(42)27-36)48(66)58-34-23-32(51)24-55-25-34/h3-4,6-9,11-16,20-26,28,36,38,47H,5,10,17-19,27H2,1-2H3,(H,57,67)(H,58,66)/t36-,38?,47-/m1/s1. The second kappa shape index (κ2) is 16.7. The van der Waals surface area contributed by atoms with Crippen LogP contribution in [-0.2, 0) is 6.18 Å². The Balaban J connectivity index is 0.967. The predicted molar refractivity (Wildman–Crippen MR) is 252 cm³/mol. The van der Waals surface area contributed by atoms with Gasteiger partial charge in [-0.25, -0.2) is 28.9 Å². The van der Waals surface area contributed by atoms with Crippen LogP contribution in [0.4, 0.5) is 67.2 Å². The zero-order valence-electron chi connectivity index (χ0n) is 36.8. The summed E-state index contributed by atoms with van der Waals surface area (Å²) in [5, 5.41) is 5.73. The van der Waals surface area contributed by atoms with Gasteiger partial charge in [0.25, 0.3) is 0 Å². The van der Waals surface area contributed by atoms with E-state index in [-0.39, 0.29) is 28.6 Å². The van der Waals surface area contributed by atoms with Crippen LogP contribution < -0.4 is 35.1 Å². The van der Waals surface area contributed by atoms with E-state index in [1.54, 1.807) is 42.6 Å². The van der Waals surface area contributed by atoms with Crippen molar-refractivity contribution in [1.82, 2.24) is 19.9 Å². The van der Waals surface area contributed by atoms with Crippen LogP contribution in [0.3, 0.4) is 0 Å². The van der Waals surface area contributed by atoms with Crippen molar-refractivity contribution < 1.29 is 31.6 Å². The van der Waals surface area contributed by atoms with Gasteiger partial charge in [0, 0.05) is 73.8 Å². The molecule has 4 aromatic heterocycles. The molecule has 4 aliphatic rings. The number of rotatable bonds is 7. The van der Waals surface area contributed by atoms with Gasteiger partial charge in [0.2, 0.25) is 0 Å². The van der Waals surface area contributed by atoms with E-state index in [9.17, 15) is 14.0 Å². The van der Waals surface area contributed by atoms with Crippen molar-refractivity contribution in [2.45, 2.75) is 43.6 Å². The van der Waals surface area contributed by atoms with Crippen molar-refractivity contribution in [2.24, 2.45) is 0 Å². The maximum Gasteiger partial charge on any atom is 0.416 e. The largest absolute Gasteiger partial charge is 0.444 e. The molecule has 0 aliphatic carbocycles. The van der Waals surface area contributed by atoms with Crippen LogP contribution in [-0.4, -0.2) is 77.9 Å². The fourth-order valence-corrected chi connectivity index (χ4v) is 10.0. The van der Waals surface area contributed by atoms with Gasteiger partial charge < -0.3 is 29.8 Å². The molecule has 11 rings (SSSR count). The molecule has 4 aliphatic heterocycles. The molecule has 344 valence electrons. The molecular formula is C50H43F4N11O3. The Morgan fingerprint density at radius 3 is 2.24 bits per heavy atom. The second-order valence-electron chi connectivity index (χ2n) is 17.5. The summed E-state index contributed by atoms with van der Waals surface area (Å²) in [5.41, 5.74) is 4.50. The minimum Gasteiger partial charge on any atom is -0.444 e. The van der Waals surface area contributed by atoms with Gasteiger partial charge in [0.15, 0.2) is 23.8 Å². The van der Waals surface area contributed by atoms with E-state index in [2.05, 4.69) is 25.5 Å². The van der Waals surface area contributed by atoms with Crippen LogP contribution in [0, 0.1) is 5.82 Å². The van der Waals surface area contributed by atoms with Gasteiger partial charge in [0.1, 0.15) is 12.0 Å². The first-order chi connectivity index (χ1) is 32.9. The number of halogens is 4. The molecule has 2 saturated heterocycles. The Labute approximate surface area is 387 Å². The molecule has 3 aromatic carbocycles. The van der Waals surface area contributed by atoms with Gasteiger partial charge in [-0.05, 0) is 79.4 Å². The molecule has 68 heavy (non-hydrogen) atoms. The number of benzene rings is 3. The van der Waals surface area contributed by atoms with E-state index in [0.717, 1.165) is 42.5 Å². The number of hydrogen-bond acceptors (Lipinski definition) is 10. The van der Waals surface area contributed by atoms with E-state index in [1.807, 2.05) is 66.4 Å². The molecule has 4 amide bonds. The van der Waals surface area contributed by atoms with Crippen molar-refractivity contribution in [3.05, 3.63) is 139 Å². The van der Waals surface area contributed by atoms with Crippen LogP contribution in [0.25, 0.3) is 33.8 Å². The average molecular weight is 922 g/mol. The monoisotopic (exact) mass is 921 g/mol. The average Bonchev–Trinajstić information content (AvgIpc) is 4.09. The lowest BCUT2D eigenvalue weighted by molar-refractivity contribution is -0.138. The number of aromatic nitrogens is 4. The summed E-state index contributed by atoms with van der Waals surface area (Å²) in [4.78, 5) is 55.6. The van der Waals surface area contributed by atoms with Crippen molar-refractivity contribution in [1.29, 1.82) is 0 Å². The van der Waals surface area contributed by atoms with Crippen molar-refractivity contribution in [3.8, 4) is 33.8 Å². The third kappa shape index (κ3) is 7.64. The molecule has 0 saturated carbocycles. The number of nitrogens with one attached hydrogen (secondary N) is 2. The van der Waals surface area contributed by atoms with E-state index < -0.39 is 41.7 Å².